The smallest absolute Gasteiger partial charge is 0.336 e. The second-order valence-electron chi connectivity index (χ2n) is 7.18. The first-order valence-electron chi connectivity index (χ1n) is 11.8. The van der Waals surface area contributed by atoms with Gasteiger partial charge in [-0.1, -0.05) is 91.1 Å². The molecule has 1 aromatic carbocycles. The van der Waals surface area contributed by atoms with Crippen LogP contribution in [0.3, 0.4) is 0 Å². The van der Waals surface area contributed by atoms with Crippen LogP contribution in [-0.2, 0) is 14.4 Å². The Hall–Kier alpha value is -5.24. The molecule has 0 bridgehead atoms. The number of benzene rings is 1. The third-order valence-electron chi connectivity index (χ3n) is 4.17. The predicted molar refractivity (Wildman–Crippen MR) is 150 cm³/mol. The fraction of sp³-hybridized carbons (Fsp3) is 0.0968. The van der Waals surface area contributed by atoms with Gasteiger partial charge < -0.3 is 19.3 Å². The van der Waals surface area contributed by atoms with E-state index in [1.807, 2.05) is 20.8 Å². The van der Waals surface area contributed by atoms with Crippen molar-refractivity contribution < 1.29 is 38.5 Å². The highest BCUT2D eigenvalue weighted by Gasteiger charge is 2.23. The monoisotopic (exact) mass is 530 g/mol. The molecule has 0 aliphatic carbocycles. The van der Waals surface area contributed by atoms with Gasteiger partial charge in [0.1, 0.15) is 0 Å². The lowest BCUT2D eigenvalue weighted by Crippen LogP contribution is -2.13. The van der Waals surface area contributed by atoms with E-state index in [2.05, 4.69) is 0 Å². The molecule has 0 radical (unpaired) electrons. The molecule has 0 amide bonds. The van der Waals surface area contributed by atoms with Crippen molar-refractivity contribution in [2.75, 3.05) is 0 Å². The lowest BCUT2D eigenvalue weighted by molar-refractivity contribution is -0.132. The number of esters is 3. The highest BCUT2D eigenvalue weighted by molar-refractivity contribution is 5.93. The van der Waals surface area contributed by atoms with Crippen LogP contribution in [0, 0.1) is 0 Å². The van der Waals surface area contributed by atoms with Gasteiger partial charge in [-0.2, -0.15) is 0 Å². The highest BCUT2D eigenvalue weighted by Crippen LogP contribution is 2.39. The molecule has 0 unspecified atom stereocenters. The van der Waals surface area contributed by atoms with Gasteiger partial charge in [0.05, 0.1) is 5.56 Å². The van der Waals surface area contributed by atoms with Crippen molar-refractivity contribution in [2.24, 2.45) is 0 Å². The number of hydrogen-bond acceptors (Lipinski definition) is 7. The SMILES string of the molecule is CC=CC=CC=CC(=O)Oc1cc(C(=O)O)cc(OC(=O)C=CC=CC=CC)c1OC(=O)C=CC=CC=CC. The molecule has 0 saturated carbocycles. The molecule has 39 heavy (non-hydrogen) atoms. The maximum Gasteiger partial charge on any atom is 0.336 e. The first-order valence-corrected chi connectivity index (χ1v) is 11.8. The van der Waals surface area contributed by atoms with Crippen LogP contribution in [0.25, 0.3) is 0 Å². The van der Waals surface area contributed by atoms with E-state index in [4.69, 9.17) is 14.2 Å². The minimum atomic E-state index is -1.40. The molecule has 0 aromatic heterocycles. The number of ether oxygens (including phenoxy) is 3. The molecule has 8 heteroatoms. The van der Waals surface area contributed by atoms with Gasteiger partial charge in [-0.05, 0) is 32.9 Å². The van der Waals surface area contributed by atoms with Crippen LogP contribution in [0.2, 0.25) is 0 Å². The minimum Gasteiger partial charge on any atom is -0.478 e. The van der Waals surface area contributed by atoms with Gasteiger partial charge in [0.25, 0.3) is 0 Å². The Balaban J connectivity index is 3.45. The van der Waals surface area contributed by atoms with Gasteiger partial charge in [0.2, 0.25) is 5.75 Å². The molecular weight excluding hydrogens is 500 g/mol. The van der Waals surface area contributed by atoms with E-state index in [0.29, 0.717) is 0 Å². The number of rotatable bonds is 13. The van der Waals surface area contributed by atoms with Gasteiger partial charge in [0.15, 0.2) is 11.5 Å². The number of carbonyl (C=O) groups is 4. The van der Waals surface area contributed by atoms with E-state index in [0.717, 1.165) is 30.4 Å². The largest absolute Gasteiger partial charge is 0.478 e. The number of allylic oxidation sites excluding steroid dienone is 15. The molecule has 0 aliphatic rings. The van der Waals surface area contributed by atoms with Crippen LogP contribution < -0.4 is 14.2 Å². The Morgan fingerprint density at radius 2 is 0.872 bits per heavy atom. The molecule has 202 valence electrons. The van der Waals surface area contributed by atoms with Crippen molar-refractivity contribution in [1.82, 2.24) is 0 Å². The van der Waals surface area contributed by atoms with Crippen molar-refractivity contribution >= 4 is 23.9 Å². The molecular formula is C31H30O8. The van der Waals surface area contributed by atoms with E-state index in [9.17, 15) is 24.3 Å². The number of hydrogen-bond donors (Lipinski definition) is 1. The van der Waals surface area contributed by atoms with Crippen molar-refractivity contribution in [3.63, 3.8) is 0 Å². The third-order valence-corrected chi connectivity index (χ3v) is 4.17. The van der Waals surface area contributed by atoms with E-state index < -0.39 is 41.1 Å². The summed E-state index contributed by atoms with van der Waals surface area (Å²) < 4.78 is 15.8. The average Bonchev–Trinajstić information content (AvgIpc) is 2.89. The zero-order valence-corrected chi connectivity index (χ0v) is 21.9. The summed E-state index contributed by atoms with van der Waals surface area (Å²) in [6.45, 7) is 5.49. The lowest BCUT2D eigenvalue weighted by atomic mass is 10.2. The number of aromatic carboxylic acids is 1. The van der Waals surface area contributed by atoms with Gasteiger partial charge in [-0.3, -0.25) is 0 Å². The van der Waals surface area contributed by atoms with Crippen LogP contribution >= 0.6 is 0 Å². The summed E-state index contributed by atoms with van der Waals surface area (Å²) in [5, 5.41) is 9.54. The third kappa shape index (κ3) is 13.6. The molecule has 1 aromatic rings. The fourth-order valence-corrected chi connectivity index (χ4v) is 2.49. The molecule has 1 rings (SSSR count). The van der Waals surface area contributed by atoms with Crippen LogP contribution in [0.15, 0.2) is 122 Å². The maximum absolute atomic E-state index is 12.5. The molecule has 8 nitrogen and oxygen atoms in total. The van der Waals surface area contributed by atoms with E-state index in [1.165, 1.54) is 18.2 Å². The molecule has 0 aliphatic heterocycles. The van der Waals surface area contributed by atoms with Crippen molar-refractivity contribution in [1.29, 1.82) is 0 Å². The summed E-state index contributed by atoms with van der Waals surface area (Å²) in [6, 6.07) is 1.96. The van der Waals surface area contributed by atoms with E-state index >= 15 is 0 Å². The van der Waals surface area contributed by atoms with Crippen LogP contribution in [0.1, 0.15) is 31.1 Å². The minimum absolute atomic E-state index is 0.376. The Bertz CT molecular complexity index is 1210. The first kappa shape index (κ1) is 31.8. The molecule has 0 heterocycles. The van der Waals surface area contributed by atoms with Crippen molar-refractivity contribution in [3.05, 3.63) is 127 Å². The van der Waals surface area contributed by atoms with E-state index in [1.54, 1.807) is 72.9 Å². The van der Waals surface area contributed by atoms with Gasteiger partial charge >= 0.3 is 23.9 Å². The molecule has 0 saturated heterocycles. The van der Waals surface area contributed by atoms with Gasteiger partial charge in [-0.15, -0.1) is 0 Å². The highest BCUT2D eigenvalue weighted by atomic mass is 16.6. The Kier molecular flexibility index (Phi) is 15.4. The second-order valence-corrected chi connectivity index (χ2v) is 7.18. The van der Waals surface area contributed by atoms with Gasteiger partial charge in [0, 0.05) is 18.2 Å². The first-order chi connectivity index (χ1) is 18.8. The summed E-state index contributed by atoms with van der Waals surface area (Å²) in [5.41, 5.74) is -0.376. The zero-order chi connectivity index (χ0) is 28.9. The summed E-state index contributed by atoms with van der Waals surface area (Å²) >= 11 is 0. The maximum atomic E-state index is 12.5. The lowest BCUT2D eigenvalue weighted by Gasteiger charge is -2.14. The normalized spacial score (nSPS) is 12.6. The van der Waals surface area contributed by atoms with Crippen LogP contribution in [-0.4, -0.2) is 29.0 Å². The summed E-state index contributed by atoms with van der Waals surface area (Å²) in [6.07, 6.45) is 27.8. The van der Waals surface area contributed by atoms with Crippen molar-refractivity contribution in [3.8, 4) is 17.2 Å². The Morgan fingerprint density at radius 3 is 1.21 bits per heavy atom. The number of carboxylic acid groups (broad SMARTS) is 1. The van der Waals surface area contributed by atoms with Gasteiger partial charge in [-0.25, -0.2) is 19.2 Å². The Morgan fingerprint density at radius 1 is 0.538 bits per heavy atom. The predicted octanol–water partition coefficient (Wildman–Crippen LogP) is 6.17. The van der Waals surface area contributed by atoms with Crippen LogP contribution in [0.5, 0.6) is 17.2 Å². The second kappa shape index (κ2) is 18.9. The van der Waals surface area contributed by atoms with E-state index in [-0.39, 0.29) is 5.56 Å². The summed E-state index contributed by atoms with van der Waals surface area (Å²) in [7, 11) is 0. The molecule has 0 fully saturated rings. The topological polar surface area (TPSA) is 116 Å². The molecule has 0 atom stereocenters. The zero-order valence-electron chi connectivity index (χ0n) is 21.9. The Labute approximate surface area is 227 Å². The summed E-state index contributed by atoms with van der Waals surface area (Å²) in [4.78, 5) is 49.0. The average molecular weight is 531 g/mol. The van der Waals surface area contributed by atoms with Crippen molar-refractivity contribution in [2.45, 2.75) is 20.8 Å². The quantitative estimate of drug-likeness (QED) is 0.139. The molecule has 0 spiro atoms. The number of carboxylic acids is 1. The standard InChI is InChI=1S/C31H30O8/c1-4-7-10-13-16-19-27(32)37-25-22-24(31(35)36)23-26(38-28(33)20-17-14-11-8-5-2)30(25)39-29(34)21-18-15-12-9-6-3/h4-23H,1-3H3,(H,35,36). The molecule has 1 N–H and O–H groups in total. The number of carbonyl (C=O) groups excluding carboxylic acids is 3. The van der Waals surface area contributed by atoms with Crippen LogP contribution in [0.4, 0.5) is 0 Å². The summed E-state index contributed by atoms with van der Waals surface area (Å²) in [5.74, 6) is -5.41. The fourth-order valence-electron chi connectivity index (χ4n) is 2.49.